The van der Waals surface area contributed by atoms with Gasteiger partial charge in [0.1, 0.15) is 0 Å². The second-order valence-corrected chi connectivity index (χ2v) is 5.10. The van der Waals surface area contributed by atoms with E-state index in [0.29, 0.717) is 17.3 Å². The molecule has 94 valence electrons. The van der Waals surface area contributed by atoms with Crippen LogP contribution in [-0.4, -0.2) is 33.2 Å². The van der Waals surface area contributed by atoms with Crippen molar-refractivity contribution < 1.29 is 4.79 Å². The van der Waals surface area contributed by atoms with E-state index in [9.17, 15) is 4.79 Å². The summed E-state index contributed by atoms with van der Waals surface area (Å²) in [6, 6.07) is 0.278. The van der Waals surface area contributed by atoms with Crippen molar-refractivity contribution in [1.82, 2.24) is 14.7 Å². The number of anilines is 1. The maximum Gasteiger partial charge on any atom is 0.276 e. The number of nitrogens with zero attached hydrogens (tertiary/aromatic N) is 3. The molecule has 5 heteroatoms. The lowest BCUT2D eigenvalue weighted by Crippen LogP contribution is -2.45. The van der Waals surface area contributed by atoms with Gasteiger partial charge in [-0.05, 0) is 25.7 Å². The Morgan fingerprint density at radius 1 is 1.47 bits per heavy atom. The van der Waals surface area contributed by atoms with Gasteiger partial charge in [0.15, 0.2) is 5.69 Å². The first-order chi connectivity index (χ1) is 7.99. The molecule has 5 nitrogen and oxygen atoms in total. The zero-order valence-electron chi connectivity index (χ0n) is 10.7. The van der Waals surface area contributed by atoms with Gasteiger partial charge < -0.3 is 10.6 Å². The summed E-state index contributed by atoms with van der Waals surface area (Å²) >= 11 is 0. The Hall–Kier alpha value is -1.52. The lowest BCUT2D eigenvalue weighted by atomic mass is 9.95. The number of carbonyl (C=O) groups is 1. The molecule has 0 aromatic carbocycles. The first kappa shape index (κ1) is 12.0. The van der Waals surface area contributed by atoms with Crippen LogP contribution in [-0.2, 0) is 7.05 Å². The zero-order valence-corrected chi connectivity index (χ0v) is 10.7. The molecule has 1 amide bonds. The standard InChI is InChI=1S/C12H20N4O/c1-8-4-5-9(2)16(6-8)12(17)11-10(13)7-15(3)14-11/h7-9H,4-6,13H2,1-3H3. The van der Waals surface area contributed by atoms with Gasteiger partial charge in [-0.15, -0.1) is 0 Å². The van der Waals surface area contributed by atoms with Gasteiger partial charge in [-0.2, -0.15) is 5.10 Å². The number of rotatable bonds is 1. The summed E-state index contributed by atoms with van der Waals surface area (Å²) in [7, 11) is 1.77. The first-order valence-corrected chi connectivity index (χ1v) is 6.09. The molecule has 2 heterocycles. The first-order valence-electron chi connectivity index (χ1n) is 6.09. The Morgan fingerprint density at radius 2 is 2.18 bits per heavy atom. The van der Waals surface area contributed by atoms with Crippen molar-refractivity contribution in [2.75, 3.05) is 12.3 Å². The Labute approximate surface area is 102 Å². The fraction of sp³-hybridized carbons (Fsp3) is 0.667. The Balaban J connectivity index is 2.21. The molecule has 2 N–H and O–H groups in total. The third-order valence-corrected chi connectivity index (χ3v) is 3.44. The van der Waals surface area contributed by atoms with Crippen molar-refractivity contribution in [1.29, 1.82) is 0 Å². The van der Waals surface area contributed by atoms with E-state index in [-0.39, 0.29) is 11.9 Å². The van der Waals surface area contributed by atoms with E-state index in [4.69, 9.17) is 5.73 Å². The molecule has 0 aliphatic carbocycles. The summed E-state index contributed by atoms with van der Waals surface area (Å²) in [4.78, 5) is 14.3. The number of amides is 1. The quantitative estimate of drug-likeness (QED) is 0.798. The molecule has 2 unspecified atom stereocenters. The summed E-state index contributed by atoms with van der Waals surface area (Å²) < 4.78 is 1.58. The van der Waals surface area contributed by atoms with E-state index in [1.54, 1.807) is 17.9 Å². The van der Waals surface area contributed by atoms with E-state index in [0.717, 1.165) is 13.0 Å². The van der Waals surface area contributed by atoms with Crippen LogP contribution in [0.15, 0.2) is 6.20 Å². The molecule has 1 aliphatic rings. The Bertz CT molecular complexity index is 426. The highest BCUT2D eigenvalue weighted by molar-refractivity contribution is 5.97. The normalized spacial score (nSPS) is 25.0. The third kappa shape index (κ3) is 2.28. The van der Waals surface area contributed by atoms with Gasteiger partial charge in [-0.3, -0.25) is 9.48 Å². The lowest BCUT2D eigenvalue weighted by Gasteiger charge is -2.36. The van der Waals surface area contributed by atoms with Crippen LogP contribution in [0.25, 0.3) is 0 Å². The fourth-order valence-corrected chi connectivity index (χ4v) is 2.38. The van der Waals surface area contributed by atoms with Gasteiger partial charge in [-0.25, -0.2) is 0 Å². The summed E-state index contributed by atoms with van der Waals surface area (Å²) in [5.74, 6) is 0.516. The van der Waals surface area contributed by atoms with Gasteiger partial charge >= 0.3 is 0 Å². The molecule has 1 saturated heterocycles. The number of likely N-dealkylation sites (tertiary alicyclic amines) is 1. The van der Waals surface area contributed by atoms with E-state index >= 15 is 0 Å². The number of hydrogen-bond donors (Lipinski definition) is 1. The SMILES string of the molecule is CC1CCC(C)N(C(=O)c2nn(C)cc2N)C1. The molecular weight excluding hydrogens is 216 g/mol. The van der Waals surface area contributed by atoms with Crippen molar-refractivity contribution in [2.24, 2.45) is 13.0 Å². The number of nitrogen functional groups attached to an aromatic ring is 1. The maximum absolute atomic E-state index is 12.4. The number of piperidine rings is 1. The zero-order chi connectivity index (χ0) is 12.6. The van der Waals surface area contributed by atoms with Crippen LogP contribution in [0.5, 0.6) is 0 Å². The predicted octanol–water partition coefficient (Wildman–Crippen LogP) is 1.26. The van der Waals surface area contributed by atoms with E-state index in [1.807, 2.05) is 4.90 Å². The lowest BCUT2D eigenvalue weighted by molar-refractivity contribution is 0.0568. The predicted molar refractivity (Wildman–Crippen MR) is 66.5 cm³/mol. The highest BCUT2D eigenvalue weighted by Gasteiger charge is 2.29. The van der Waals surface area contributed by atoms with Gasteiger partial charge in [-0.1, -0.05) is 6.92 Å². The van der Waals surface area contributed by atoms with Gasteiger partial charge in [0.2, 0.25) is 0 Å². The van der Waals surface area contributed by atoms with E-state index in [2.05, 4.69) is 18.9 Å². The van der Waals surface area contributed by atoms with Crippen LogP contribution in [0.1, 0.15) is 37.2 Å². The van der Waals surface area contributed by atoms with Gasteiger partial charge in [0.25, 0.3) is 5.91 Å². The van der Waals surface area contributed by atoms with Crippen LogP contribution < -0.4 is 5.73 Å². The number of hydrogen-bond acceptors (Lipinski definition) is 3. The fourth-order valence-electron chi connectivity index (χ4n) is 2.38. The summed E-state index contributed by atoms with van der Waals surface area (Å²) in [5.41, 5.74) is 6.64. The number of nitrogens with two attached hydrogens (primary N) is 1. The topological polar surface area (TPSA) is 64.2 Å². The Kier molecular flexibility index (Phi) is 3.09. The molecule has 0 bridgehead atoms. The van der Waals surface area contributed by atoms with E-state index in [1.165, 1.54) is 6.42 Å². The van der Waals surface area contributed by atoms with Gasteiger partial charge in [0, 0.05) is 25.8 Å². The van der Waals surface area contributed by atoms with Crippen LogP contribution in [0.2, 0.25) is 0 Å². The molecule has 2 rings (SSSR count). The third-order valence-electron chi connectivity index (χ3n) is 3.44. The van der Waals surface area contributed by atoms with Crippen LogP contribution >= 0.6 is 0 Å². The summed E-state index contributed by atoms with van der Waals surface area (Å²) in [6.07, 6.45) is 3.91. The monoisotopic (exact) mass is 236 g/mol. The Morgan fingerprint density at radius 3 is 2.76 bits per heavy atom. The molecule has 1 aromatic heterocycles. The van der Waals surface area contributed by atoms with Crippen LogP contribution in [0.3, 0.4) is 0 Å². The van der Waals surface area contributed by atoms with Crippen molar-refractivity contribution in [3.8, 4) is 0 Å². The summed E-state index contributed by atoms with van der Waals surface area (Å²) in [5, 5.41) is 4.15. The van der Waals surface area contributed by atoms with Crippen molar-refractivity contribution in [3.63, 3.8) is 0 Å². The van der Waals surface area contributed by atoms with Crippen molar-refractivity contribution >= 4 is 11.6 Å². The second kappa shape index (κ2) is 4.39. The molecule has 1 aromatic rings. The molecule has 0 radical (unpaired) electrons. The number of aryl methyl sites for hydroxylation is 1. The largest absolute Gasteiger partial charge is 0.396 e. The molecule has 0 saturated carbocycles. The maximum atomic E-state index is 12.4. The molecular formula is C12H20N4O. The molecule has 2 atom stereocenters. The number of aromatic nitrogens is 2. The van der Waals surface area contributed by atoms with E-state index < -0.39 is 0 Å². The second-order valence-electron chi connectivity index (χ2n) is 5.10. The average molecular weight is 236 g/mol. The minimum atomic E-state index is -0.0397. The highest BCUT2D eigenvalue weighted by Crippen LogP contribution is 2.24. The molecule has 17 heavy (non-hydrogen) atoms. The van der Waals surface area contributed by atoms with Crippen LogP contribution in [0, 0.1) is 5.92 Å². The molecule has 0 spiro atoms. The molecule has 1 fully saturated rings. The van der Waals surface area contributed by atoms with Crippen molar-refractivity contribution in [2.45, 2.75) is 32.7 Å². The minimum Gasteiger partial charge on any atom is -0.396 e. The average Bonchev–Trinajstić information content (AvgIpc) is 2.60. The van der Waals surface area contributed by atoms with Gasteiger partial charge in [0.05, 0.1) is 5.69 Å². The smallest absolute Gasteiger partial charge is 0.276 e. The highest BCUT2D eigenvalue weighted by atomic mass is 16.2. The van der Waals surface area contributed by atoms with Crippen molar-refractivity contribution in [3.05, 3.63) is 11.9 Å². The number of carbonyl (C=O) groups excluding carboxylic acids is 1. The summed E-state index contributed by atoms with van der Waals surface area (Å²) in [6.45, 7) is 5.06. The van der Waals surface area contributed by atoms with Crippen LogP contribution in [0.4, 0.5) is 5.69 Å². The molecule has 1 aliphatic heterocycles. The minimum absolute atomic E-state index is 0.0397.